The zero-order valence-electron chi connectivity index (χ0n) is 26.3. The van der Waals surface area contributed by atoms with Gasteiger partial charge in [-0.25, -0.2) is 31.8 Å². The maximum absolute atomic E-state index is 15.7. The van der Waals surface area contributed by atoms with E-state index in [1.165, 1.54) is 27.9 Å². The Kier molecular flexibility index (Phi) is 10.8. The number of hydrogen-bond acceptors (Lipinski definition) is 9. The lowest BCUT2D eigenvalue weighted by Gasteiger charge is -2.37. The number of benzene rings is 2. The highest BCUT2D eigenvalue weighted by Crippen LogP contribution is 2.37. The Bertz CT molecular complexity index is 1790. The van der Waals surface area contributed by atoms with Crippen LogP contribution in [0.15, 0.2) is 52.2 Å². The first kappa shape index (κ1) is 36.4. The highest BCUT2D eigenvalue weighted by Gasteiger charge is 2.39. The molecule has 2 amide bonds. The Morgan fingerprint density at radius 2 is 1.72 bits per heavy atom. The second kappa shape index (κ2) is 14.0. The zero-order chi connectivity index (χ0) is 34.9. The van der Waals surface area contributed by atoms with Crippen LogP contribution in [0.25, 0.3) is 5.57 Å². The Hall–Kier alpha value is -3.46. The minimum atomic E-state index is -4.93. The van der Waals surface area contributed by atoms with E-state index in [0.29, 0.717) is 17.6 Å². The largest absolute Gasteiger partial charge is 0.489 e. The molecule has 2 heterocycles. The third-order valence-corrected chi connectivity index (χ3v) is 9.30. The van der Waals surface area contributed by atoms with Gasteiger partial charge in [-0.3, -0.25) is 4.90 Å². The number of nitrogens with zero attached hydrogens (tertiary/aromatic N) is 3. The molecule has 10 nitrogen and oxygen atoms in total. The molecule has 3 aromatic rings. The highest BCUT2D eigenvalue weighted by molar-refractivity contribution is 7.93. The number of rotatable bonds is 7. The van der Waals surface area contributed by atoms with Crippen molar-refractivity contribution in [1.29, 1.82) is 0 Å². The number of carbonyl (C=O) groups is 2. The molecule has 1 atom stereocenters. The fourth-order valence-corrected chi connectivity index (χ4v) is 7.05. The van der Waals surface area contributed by atoms with E-state index in [1.54, 1.807) is 41.5 Å². The Morgan fingerprint density at radius 3 is 2.32 bits per heavy atom. The van der Waals surface area contributed by atoms with Crippen molar-refractivity contribution in [3.63, 3.8) is 0 Å². The average Bonchev–Trinajstić information content (AvgIpc) is 3.45. The molecule has 0 saturated carbocycles. The van der Waals surface area contributed by atoms with Crippen LogP contribution in [0, 0.1) is 11.6 Å². The van der Waals surface area contributed by atoms with E-state index < -0.39 is 56.0 Å². The van der Waals surface area contributed by atoms with Crippen LogP contribution in [0.5, 0.6) is 5.75 Å². The first-order valence-electron chi connectivity index (χ1n) is 14.2. The molecule has 2 aromatic carbocycles. The third-order valence-electron chi connectivity index (χ3n) is 6.43. The number of ether oxygens (including phenoxy) is 3. The molecule has 16 heteroatoms. The second-order valence-corrected chi connectivity index (χ2v) is 15.7. The van der Waals surface area contributed by atoms with Crippen molar-refractivity contribution < 1.29 is 41.0 Å². The van der Waals surface area contributed by atoms with E-state index in [0.717, 1.165) is 29.5 Å². The molecule has 1 aromatic heterocycles. The van der Waals surface area contributed by atoms with E-state index in [-0.39, 0.29) is 39.1 Å². The molecular formula is C31H33Cl2F2N3O7S2. The molecule has 1 aliphatic rings. The van der Waals surface area contributed by atoms with Crippen LogP contribution < -0.4 is 9.04 Å². The minimum absolute atomic E-state index is 0.0978. The molecule has 0 spiro atoms. The lowest BCUT2D eigenvalue weighted by molar-refractivity contribution is 0.0162. The van der Waals surface area contributed by atoms with Crippen LogP contribution in [0.4, 0.5) is 24.2 Å². The summed E-state index contributed by atoms with van der Waals surface area (Å²) in [4.78, 5) is 30.7. The number of anilines is 1. The normalized spacial score (nSPS) is 15.6. The summed E-state index contributed by atoms with van der Waals surface area (Å²) < 4.78 is 73.9. The molecule has 0 aliphatic carbocycles. The lowest BCUT2D eigenvalue weighted by atomic mass is 9.93. The smallest absolute Gasteiger partial charge is 0.430 e. The molecule has 0 bridgehead atoms. The monoisotopic (exact) mass is 731 g/mol. The molecule has 0 radical (unpaired) electrons. The summed E-state index contributed by atoms with van der Waals surface area (Å²) in [6, 6.07) is 4.56. The van der Waals surface area contributed by atoms with Crippen LogP contribution in [0.2, 0.25) is 10.0 Å². The molecule has 0 saturated heterocycles. The predicted octanol–water partition coefficient (Wildman–Crippen LogP) is 8.33. The average molecular weight is 733 g/mol. The SMILES string of the molecule is CC(C)(C)OC(=O)N1CCC=C(c2ccc(F)cc2Cl)C1COc1cc(F)c(S(=O)(=O)N(C(=O)OC(C)(C)C)c2cscn2)cc1Cl. The van der Waals surface area contributed by atoms with E-state index in [2.05, 4.69) is 4.98 Å². The van der Waals surface area contributed by atoms with Gasteiger partial charge in [0, 0.05) is 18.0 Å². The fraction of sp³-hybridized carbons (Fsp3) is 0.387. The summed E-state index contributed by atoms with van der Waals surface area (Å²) >= 11 is 13.8. The van der Waals surface area contributed by atoms with Gasteiger partial charge in [0.15, 0.2) is 5.82 Å². The van der Waals surface area contributed by atoms with Gasteiger partial charge in [-0.05, 0) is 77.3 Å². The van der Waals surface area contributed by atoms with Crippen LogP contribution in [-0.4, -0.2) is 60.9 Å². The predicted molar refractivity (Wildman–Crippen MR) is 176 cm³/mol. The van der Waals surface area contributed by atoms with Crippen LogP contribution in [-0.2, 0) is 19.5 Å². The maximum Gasteiger partial charge on any atom is 0.430 e. The van der Waals surface area contributed by atoms with E-state index in [9.17, 15) is 22.4 Å². The van der Waals surface area contributed by atoms with Crippen molar-refractivity contribution in [3.05, 3.63) is 74.5 Å². The van der Waals surface area contributed by atoms with Gasteiger partial charge in [0.2, 0.25) is 0 Å². The van der Waals surface area contributed by atoms with Crippen molar-refractivity contribution in [1.82, 2.24) is 9.88 Å². The van der Waals surface area contributed by atoms with Crippen molar-refractivity contribution in [3.8, 4) is 5.75 Å². The van der Waals surface area contributed by atoms with Gasteiger partial charge < -0.3 is 14.2 Å². The second-order valence-electron chi connectivity index (χ2n) is 12.4. The number of carbonyl (C=O) groups excluding carboxylic acids is 2. The zero-order valence-corrected chi connectivity index (χ0v) is 29.5. The van der Waals surface area contributed by atoms with Crippen LogP contribution in [0.3, 0.4) is 0 Å². The summed E-state index contributed by atoms with van der Waals surface area (Å²) in [6.45, 7) is 9.71. The van der Waals surface area contributed by atoms with Gasteiger partial charge in [-0.15, -0.1) is 15.6 Å². The standard InChI is InChI=1S/C31H33Cl2F2N3O7S2/c1-30(2,3)44-28(39)37-11-7-8-20(19-10-9-18(34)12-21(19)32)24(37)15-43-25-14-23(35)26(13-22(25)33)47(41,42)38(27-16-46-17-36-27)29(40)45-31(4,5)6/h8-10,12-14,16-17,24H,7,11,15H2,1-6H3. The van der Waals surface area contributed by atoms with Gasteiger partial charge in [-0.1, -0.05) is 35.3 Å². The van der Waals surface area contributed by atoms with E-state index in [1.807, 2.05) is 6.08 Å². The van der Waals surface area contributed by atoms with E-state index in [4.69, 9.17) is 37.4 Å². The van der Waals surface area contributed by atoms with Crippen molar-refractivity contribution >= 4 is 68.1 Å². The molecule has 1 unspecified atom stereocenters. The lowest BCUT2D eigenvalue weighted by Crippen LogP contribution is -2.48. The quantitative estimate of drug-likeness (QED) is 0.238. The highest BCUT2D eigenvalue weighted by atomic mass is 35.5. The number of aromatic nitrogens is 1. The van der Waals surface area contributed by atoms with Gasteiger partial charge in [0.05, 0.1) is 21.6 Å². The third kappa shape index (κ3) is 8.72. The number of hydrogen-bond donors (Lipinski definition) is 0. The summed E-state index contributed by atoms with van der Waals surface area (Å²) in [7, 11) is -4.93. The van der Waals surface area contributed by atoms with Crippen LogP contribution in [0.1, 0.15) is 53.5 Å². The molecule has 254 valence electrons. The Balaban J connectivity index is 1.69. The van der Waals surface area contributed by atoms with Gasteiger partial charge in [-0.2, -0.15) is 0 Å². The van der Waals surface area contributed by atoms with Gasteiger partial charge in [0.25, 0.3) is 10.0 Å². The summed E-state index contributed by atoms with van der Waals surface area (Å²) in [5, 5.41) is 1.08. The Labute approximate surface area is 285 Å². The molecule has 4 rings (SSSR count). The molecular weight excluding hydrogens is 699 g/mol. The molecule has 0 N–H and O–H groups in total. The first-order valence-corrected chi connectivity index (χ1v) is 17.4. The maximum atomic E-state index is 15.7. The summed E-state index contributed by atoms with van der Waals surface area (Å²) in [6.07, 6.45) is 0.305. The molecule has 1 aliphatic heterocycles. The number of thiazole rings is 1. The number of halogens is 4. The molecule has 47 heavy (non-hydrogen) atoms. The van der Waals surface area contributed by atoms with Crippen molar-refractivity contribution in [2.24, 2.45) is 0 Å². The Morgan fingerprint density at radius 1 is 1.04 bits per heavy atom. The number of amides is 2. The van der Waals surface area contributed by atoms with Gasteiger partial charge >= 0.3 is 12.2 Å². The van der Waals surface area contributed by atoms with Crippen LogP contribution >= 0.6 is 34.5 Å². The summed E-state index contributed by atoms with van der Waals surface area (Å²) in [5.74, 6) is -2.37. The van der Waals surface area contributed by atoms with Crippen molar-refractivity contribution in [2.45, 2.75) is 70.1 Å². The van der Waals surface area contributed by atoms with E-state index >= 15 is 4.39 Å². The minimum Gasteiger partial charge on any atom is -0.489 e. The first-order chi connectivity index (χ1) is 21.8. The molecule has 0 fully saturated rings. The fourth-order valence-electron chi connectivity index (χ4n) is 4.56. The summed E-state index contributed by atoms with van der Waals surface area (Å²) in [5.41, 5.74) is 0.372. The number of sulfonamides is 1. The topological polar surface area (TPSA) is 115 Å². The van der Waals surface area contributed by atoms with Gasteiger partial charge in [0.1, 0.15) is 40.1 Å². The van der Waals surface area contributed by atoms with Crippen molar-refractivity contribution in [2.75, 3.05) is 17.5 Å².